The van der Waals surface area contributed by atoms with E-state index in [-0.39, 0.29) is 5.41 Å². The summed E-state index contributed by atoms with van der Waals surface area (Å²) in [5.41, 5.74) is 0.145. The van der Waals surface area contributed by atoms with Crippen LogP contribution in [-0.2, 0) is 4.79 Å². The van der Waals surface area contributed by atoms with E-state index in [1.807, 2.05) is 0 Å². The summed E-state index contributed by atoms with van der Waals surface area (Å²) in [5, 5.41) is 0. The quantitative estimate of drug-likeness (QED) is 0.612. The standard InChI is InChI=1S/C12H22O/c1-3-5-8-12(9-6-4-2)10-7-11(12)13/h3-10H2,1-2H3. The maximum Gasteiger partial charge on any atom is 0.139 e. The highest BCUT2D eigenvalue weighted by Gasteiger charge is 2.43. The zero-order valence-corrected chi connectivity index (χ0v) is 9.07. The van der Waals surface area contributed by atoms with Crippen LogP contribution in [0.3, 0.4) is 0 Å². The van der Waals surface area contributed by atoms with Gasteiger partial charge in [0.15, 0.2) is 0 Å². The van der Waals surface area contributed by atoms with Crippen molar-refractivity contribution in [2.45, 2.75) is 65.2 Å². The maximum atomic E-state index is 11.6. The van der Waals surface area contributed by atoms with Crippen LogP contribution in [0.15, 0.2) is 0 Å². The van der Waals surface area contributed by atoms with Gasteiger partial charge in [0, 0.05) is 11.8 Å². The molecule has 0 spiro atoms. The van der Waals surface area contributed by atoms with E-state index in [0.29, 0.717) is 5.78 Å². The van der Waals surface area contributed by atoms with Gasteiger partial charge in [-0.25, -0.2) is 0 Å². The third-order valence-electron chi connectivity index (χ3n) is 3.44. The molecule has 0 radical (unpaired) electrons. The molecule has 0 aromatic heterocycles. The van der Waals surface area contributed by atoms with Crippen LogP contribution in [-0.4, -0.2) is 5.78 Å². The second-order valence-electron chi connectivity index (χ2n) is 4.41. The molecule has 13 heavy (non-hydrogen) atoms. The van der Waals surface area contributed by atoms with E-state index >= 15 is 0 Å². The Kier molecular flexibility index (Phi) is 3.95. The molecule has 1 aliphatic carbocycles. The van der Waals surface area contributed by atoms with Crippen molar-refractivity contribution < 1.29 is 4.79 Å². The van der Waals surface area contributed by atoms with Gasteiger partial charge in [0.25, 0.3) is 0 Å². The van der Waals surface area contributed by atoms with Crippen molar-refractivity contribution >= 4 is 5.78 Å². The minimum absolute atomic E-state index is 0.145. The Morgan fingerprint density at radius 2 is 1.69 bits per heavy atom. The normalized spacial score (nSPS) is 20.0. The smallest absolute Gasteiger partial charge is 0.139 e. The van der Waals surface area contributed by atoms with Gasteiger partial charge in [0.2, 0.25) is 0 Å². The predicted molar refractivity (Wildman–Crippen MR) is 55.7 cm³/mol. The van der Waals surface area contributed by atoms with Crippen LogP contribution in [0, 0.1) is 5.41 Å². The molecule has 1 nitrogen and oxygen atoms in total. The predicted octanol–water partition coefficient (Wildman–Crippen LogP) is 3.72. The largest absolute Gasteiger partial charge is 0.299 e. The minimum atomic E-state index is 0.145. The molecule has 0 bridgehead atoms. The summed E-state index contributed by atoms with van der Waals surface area (Å²) in [7, 11) is 0. The van der Waals surface area contributed by atoms with Crippen molar-refractivity contribution in [2.24, 2.45) is 5.41 Å². The highest BCUT2D eigenvalue weighted by Crippen LogP contribution is 2.45. The van der Waals surface area contributed by atoms with Gasteiger partial charge < -0.3 is 0 Å². The topological polar surface area (TPSA) is 17.1 Å². The average molecular weight is 182 g/mol. The monoisotopic (exact) mass is 182 g/mol. The van der Waals surface area contributed by atoms with Gasteiger partial charge in [-0.1, -0.05) is 39.5 Å². The van der Waals surface area contributed by atoms with Crippen molar-refractivity contribution in [1.29, 1.82) is 0 Å². The summed E-state index contributed by atoms with van der Waals surface area (Å²) in [5.74, 6) is 0.550. The molecule has 0 heterocycles. The van der Waals surface area contributed by atoms with E-state index in [1.165, 1.54) is 32.1 Å². The van der Waals surface area contributed by atoms with Crippen LogP contribution in [0.5, 0.6) is 0 Å². The lowest BCUT2D eigenvalue weighted by Crippen LogP contribution is -2.40. The van der Waals surface area contributed by atoms with Gasteiger partial charge in [0.1, 0.15) is 5.78 Å². The molecular weight excluding hydrogens is 160 g/mol. The molecule has 0 saturated heterocycles. The highest BCUT2D eigenvalue weighted by molar-refractivity contribution is 5.90. The molecule has 0 aromatic carbocycles. The summed E-state index contributed by atoms with van der Waals surface area (Å²) in [6, 6.07) is 0. The third-order valence-corrected chi connectivity index (χ3v) is 3.44. The number of carbonyl (C=O) groups excluding carboxylic acids is 1. The molecule has 0 aliphatic heterocycles. The first-order chi connectivity index (χ1) is 6.25. The summed E-state index contributed by atoms with van der Waals surface area (Å²) in [4.78, 5) is 11.6. The zero-order chi connectivity index (χ0) is 9.73. The van der Waals surface area contributed by atoms with Crippen LogP contribution in [0.1, 0.15) is 65.2 Å². The van der Waals surface area contributed by atoms with E-state index in [2.05, 4.69) is 13.8 Å². The molecule has 0 unspecified atom stereocenters. The summed E-state index contributed by atoms with van der Waals surface area (Å²) >= 11 is 0. The Balaban J connectivity index is 2.39. The molecule has 0 amide bonds. The molecular formula is C12H22O. The van der Waals surface area contributed by atoms with Crippen LogP contribution < -0.4 is 0 Å². The first-order valence-corrected chi connectivity index (χ1v) is 5.78. The Morgan fingerprint density at radius 1 is 1.15 bits per heavy atom. The molecule has 0 atom stereocenters. The minimum Gasteiger partial charge on any atom is -0.299 e. The molecule has 1 aliphatic rings. The Hall–Kier alpha value is -0.330. The second-order valence-corrected chi connectivity index (χ2v) is 4.41. The van der Waals surface area contributed by atoms with Gasteiger partial charge in [-0.15, -0.1) is 0 Å². The number of hydrogen-bond acceptors (Lipinski definition) is 1. The lowest BCUT2D eigenvalue weighted by molar-refractivity contribution is -0.139. The fraction of sp³-hybridized carbons (Fsp3) is 0.917. The van der Waals surface area contributed by atoms with Crippen LogP contribution in [0.2, 0.25) is 0 Å². The number of rotatable bonds is 6. The van der Waals surface area contributed by atoms with Crippen molar-refractivity contribution in [2.75, 3.05) is 0 Å². The van der Waals surface area contributed by atoms with Crippen LogP contribution in [0.4, 0.5) is 0 Å². The second kappa shape index (κ2) is 4.78. The number of ketones is 1. The van der Waals surface area contributed by atoms with Gasteiger partial charge in [-0.05, 0) is 19.3 Å². The molecule has 1 saturated carbocycles. The fourth-order valence-corrected chi connectivity index (χ4v) is 2.26. The van der Waals surface area contributed by atoms with E-state index in [4.69, 9.17) is 0 Å². The number of hydrogen-bond donors (Lipinski definition) is 0. The van der Waals surface area contributed by atoms with Gasteiger partial charge in [-0.3, -0.25) is 4.79 Å². The number of Topliss-reactive ketones (excluding diaryl/α,β-unsaturated/α-hetero) is 1. The van der Waals surface area contributed by atoms with Crippen molar-refractivity contribution in [1.82, 2.24) is 0 Å². The van der Waals surface area contributed by atoms with E-state index in [9.17, 15) is 4.79 Å². The van der Waals surface area contributed by atoms with Gasteiger partial charge >= 0.3 is 0 Å². The SMILES string of the molecule is CCCCC1(CCCC)CCC1=O. The average Bonchev–Trinajstić information content (AvgIpc) is 2.16. The Labute approximate surface area is 81.9 Å². The first-order valence-electron chi connectivity index (χ1n) is 5.78. The number of carbonyl (C=O) groups is 1. The van der Waals surface area contributed by atoms with E-state index < -0.39 is 0 Å². The molecule has 0 aromatic rings. The van der Waals surface area contributed by atoms with E-state index in [1.54, 1.807) is 0 Å². The van der Waals surface area contributed by atoms with Gasteiger partial charge in [-0.2, -0.15) is 0 Å². The lowest BCUT2D eigenvalue weighted by Gasteiger charge is -2.40. The highest BCUT2D eigenvalue weighted by atomic mass is 16.1. The fourth-order valence-electron chi connectivity index (χ4n) is 2.26. The first kappa shape index (κ1) is 10.7. The maximum absolute atomic E-state index is 11.6. The third kappa shape index (κ3) is 2.32. The van der Waals surface area contributed by atoms with Crippen molar-refractivity contribution in [3.63, 3.8) is 0 Å². The van der Waals surface area contributed by atoms with Crippen molar-refractivity contribution in [3.8, 4) is 0 Å². The molecule has 0 N–H and O–H groups in total. The molecule has 1 fully saturated rings. The van der Waals surface area contributed by atoms with Crippen LogP contribution >= 0.6 is 0 Å². The Bertz CT molecular complexity index is 164. The summed E-state index contributed by atoms with van der Waals surface area (Å²) in [6.07, 6.45) is 9.25. The van der Waals surface area contributed by atoms with Crippen LogP contribution in [0.25, 0.3) is 0 Å². The number of unbranched alkanes of at least 4 members (excludes halogenated alkanes) is 2. The Morgan fingerprint density at radius 3 is 1.92 bits per heavy atom. The van der Waals surface area contributed by atoms with Crippen molar-refractivity contribution in [3.05, 3.63) is 0 Å². The van der Waals surface area contributed by atoms with Gasteiger partial charge in [0.05, 0.1) is 0 Å². The molecule has 76 valence electrons. The lowest BCUT2D eigenvalue weighted by atomic mass is 9.62. The zero-order valence-electron chi connectivity index (χ0n) is 9.07. The molecule has 1 heteroatoms. The molecule has 1 rings (SSSR count). The van der Waals surface area contributed by atoms with E-state index in [0.717, 1.165) is 19.3 Å². The summed E-state index contributed by atoms with van der Waals surface area (Å²) < 4.78 is 0. The summed E-state index contributed by atoms with van der Waals surface area (Å²) in [6.45, 7) is 4.41.